The minimum atomic E-state index is -0.949. The zero-order valence-corrected chi connectivity index (χ0v) is 10.1. The lowest BCUT2D eigenvalue weighted by molar-refractivity contribution is 0.0997. The van der Waals surface area contributed by atoms with Crippen LogP contribution in [0.5, 0.6) is 0 Å². The topological polar surface area (TPSA) is 68.0 Å². The number of nitrogens with two attached hydrogens (primary N) is 1. The molecule has 1 heterocycles. The fourth-order valence-corrected chi connectivity index (χ4v) is 1.65. The Balaban J connectivity index is 2.44. The van der Waals surface area contributed by atoms with E-state index in [4.69, 9.17) is 5.73 Å². The van der Waals surface area contributed by atoms with Crippen LogP contribution < -0.4 is 11.1 Å². The van der Waals surface area contributed by atoms with Crippen molar-refractivity contribution in [2.45, 2.75) is 6.92 Å². The van der Waals surface area contributed by atoms with Gasteiger partial charge in [0.1, 0.15) is 11.4 Å². The second-order valence-corrected chi connectivity index (χ2v) is 4.02. The number of primary amides is 1. The molecule has 1 amide bonds. The molecule has 2 rings (SSSR count). The van der Waals surface area contributed by atoms with E-state index in [0.717, 1.165) is 11.8 Å². The van der Waals surface area contributed by atoms with Crippen LogP contribution in [0.2, 0.25) is 0 Å². The molecule has 0 bridgehead atoms. The monoisotopic (exact) mass is 263 g/mol. The highest BCUT2D eigenvalue weighted by Crippen LogP contribution is 2.24. The van der Waals surface area contributed by atoms with Crippen LogP contribution in [-0.2, 0) is 0 Å². The molecule has 0 aliphatic rings. The van der Waals surface area contributed by atoms with E-state index in [-0.39, 0.29) is 16.9 Å². The summed E-state index contributed by atoms with van der Waals surface area (Å²) in [4.78, 5) is 14.8. The molecule has 0 aliphatic carbocycles. The first kappa shape index (κ1) is 12.9. The lowest BCUT2D eigenvalue weighted by atomic mass is 10.1. The van der Waals surface area contributed by atoms with E-state index in [2.05, 4.69) is 10.3 Å². The minimum Gasteiger partial charge on any atom is -0.365 e. The van der Waals surface area contributed by atoms with Gasteiger partial charge in [0.05, 0.1) is 23.8 Å². The highest BCUT2D eigenvalue weighted by atomic mass is 19.1. The number of aryl methyl sites for hydroxylation is 1. The molecule has 0 saturated heterocycles. The van der Waals surface area contributed by atoms with Crippen molar-refractivity contribution in [2.24, 2.45) is 5.73 Å². The zero-order valence-electron chi connectivity index (χ0n) is 10.1. The predicted octanol–water partition coefficient (Wildman–Crippen LogP) is 2.51. The zero-order chi connectivity index (χ0) is 14.0. The van der Waals surface area contributed by atoms with Crippen LogP contribution >= 0.6 is 0 Å². The SMILES string of the molecule is Cc1ccc(Nc2cncc(F)c2C(N)=O)c(F)c1. The third-order valence-electron chi connectivity index (χ3n) is 2.54. The number of carbonyl (C=O) groups is 1. The van der Waals surface area contributed by atoms with Crippen LogP contribution in [0.1, 0.15) is 15.9 Å². The lowest BCUT2D eigenvalue weighted by Crippen LogP contribution is -2.16. The van der Waals surface area contributed by atoms with E-state index in [1.807, 2.05) is 0 Å². The summed E-state index contributed by atoms with van der Waals surface area (Å²) in [6, 6.07) is 4.49. The van der Waals surface area contributed by atoms with Crippen molar-refractivity contribution in [3.05, 3.63) is 53.4 Å². The van der Waals surface area contributed by atoms with E-state index >= 15 is 0 Å². The van der Waals surface area contributed by atoms with Crippen LogP contribution in [0.25, 0.3) is 0 Å². The van der Waals surface area contributed by atoms with Gasteiger partial charge in [-0.05, 0) is 24.6 Å². The number of halogens is 2. The Labute approximate surface area is 108 Å². The van der Waals surface area contributed by atoms with Crippen LogP contribution in [-0.4, -0.2) is 10.9 Å². The van der Waals surface area contributed by atoms with Gasteiger partial charge in [0.2, 0.25) is 0 Å². The number of aromatic nitrogens is 1. The van der Waals surface area contributed by atoms with E-state index in [1.54, 1.807) is 13.0 Å². The van der Waals surface area contributed by atoms with E-state index in [1.165, 1.54) is 18.3 Å². The van der Waals surface area contributed by atoms with Gasteiger partial charge in [-0.25, -0.2) is 8.78 Å². The van der Waals surface area contributed by atoms with Gasteiger partial charge in [-0.3, -0.25) is 9.78 Å². The number of amides is 1. The molecule has 0 radical (unpaired) electrons. The molecular formula is C13H11F2N3O. The summed E-state index contributed by atoms with van der Waals surface area (Å²) >= 11 is 0. The van der Waals surface area contributed by atoms with E-state index in [0.29, 0.717) is 0 Å². The molecular weight excluding hydrogens is 252 g/mol. The Kier molecular flexibility index (Phi) is 3.41. The molecule has 19 heavy (non-hydrogen) atoms. The maximum atomic E-state index is 13.7. The molecule has 0 unspecified atom stereocenters. The van der Waals surface area contributed by atoms with Crippen LogP contribution in [0.3, 0.4) is 0 Å². The molecule has 2 aromatic rings. The van der Waals surface area contributed by atoms with Gasteiger partial charge in [-0.1, -0.05) is 6.07 Å². The number of carbonyl (C=O) groups excluding carboxylic acids is 1. The van der Waals surface area contributed by atoms with Crippen molar-refractivity contribution in [1.82, 2.24) is 4.98 Å². The molecule has 3 N–H and O–H groups in total. The first-order chi connectivity index (χ1) is 8.99. The van der Waals surface area contributed by atoms with Crippen molar-refractivity contribution in [2.75, 3.05) is 5.32 Å². The van der Waals surface area contributed by atoms with Crippen molar-refractivity contribution >= 4 is 17.3 Å². The molecule has 0 atom stereocenters. The number of nitrogens with zero attached hydrogens (tertiary/aromatic N) is 1. The standard InChI is InChI=1S/C13H11F2N3O/c1-7-2-3-10(8(14)4-7)18-11-6-17-5-9(15)12(11)13(16)19/h2-6,18H,1H3,(H2,16,19). The second-order valence-electron chi connectivity index (χ2n) is 4.02. The normalized spacial score (nSPS) is 10.3. The van der Waals surface area contributed by atoms with Gasteiger partial charge in [0.15, 0.2) is 5.82 Å². The van der Waals surface area contributed by atoms with Crippen LogP contribution in [0.15, 0.2) is 30.6 Å². The van der Waals surface area contributed by atoms with Crippen molar-refractivity contribution in [3.8, 4) is 0 Å². The van der Waals surface area contributed by atoms with Gasteiger partial charge in [0.25, 0.3) is 5.91 Å². The van der Waals surface area contributed by atoms with Crippen molar-refractivity contribution in [3.63, 3.8) is 0 Å². The Hall–Kier alpha value is -2.50. The fourth-order valence-electron chi connectivity index (χ4n) is 1.65. The number of hydrogen-bond acceptors (Lipinski definition) is 3. The van der Waals surface area contributed by atoms with E-state index < -0.39 is 17.5 Å². The number of nitrogens with one attached hydrogen (secondary N) is 1. The summed E-state index contributed by atoms with van der Waals surface area (Å²) in [7, 11) is 0. The highest BCUT2D eigenvalue weighted by Gasteiger charge is 2.15. The fraction of sp³-hybridized carbons (Fsp3) is 0.0769. The van der Waals surface area contributed by atoms with Gasteiger partial charge in [0, 0.05) is 0 Å². The smallest absolute Gasteiger partial charge is 0.253 e. The number of pyridine rings is 1. The van der Waals surface area contributed by atoms with Crippen molar-refractivity contribution in [1.29, 1.82) is 0 Å². The number of hydrogen-bond donors (Lipinski definition) is 2. The summed E-state index contributed by atoms with van der Waals surface area (Å²) in [6.07, 6.45) is 2.08. The summed E-state index contributed by atoms with van der Waals surface area (Å²) in [6.45, 7) is 1.74. The molecule has 0 fully saturated rings. The molecule has 4 nitrogen and oxygen atoms in total. The molecule has 0 aliphatic heterocycles. The molecule has 1 aromatic carbocycles. The molecule has 6 heteroatoms. The van der Waals surface area contributed by atoms with Crippen LogP contribution in [0, 0.1) is 18.6 Å². The average Bonchev–Trinajstić information content (AvgIpc) is 2.32. The Morgan fingerprint density at radius 3 is 2.58 bits per heavy atom. The number of benzene rings is 1. The van der Waals surface area contributed by atoms with Gasteiger partial charge in [-0.15, -0.1) is 0 Å². The number of rotatable bonds is 3. The largest absolute Gasteiger partial charge is 0.365 e. The van der Waals surface area contributed by atoms with Crippen LogP contribution in [0.4, 0.5) is 20.2 Å². The van der Waals surface area contributed by atoms with Gasteiger partial charge < -0.3 is 11.1 Å². The second kappa shape index (κ2) is 5.01. The third-order valence-corrected chi connectivity index (χ3v) is 2.54. The quantitative estimate of drug-likeness (QED) is 0.894. The summed E-state index contributed by atoms with van der Waals surface area (Å²) in [5.41, 5.74) is 5.62. The molecule has 98 valence electrons. The molecule has 1 aromatic heterocycles. The van der Waals surface area contributed by atoms with Crippen molar-refractivity contribution < 1.29 is 13.6 Å². The average molecular weight is 263 g/mol. The Bertz CT molecular complexity index is 644. The highest BCUT2D eigenvalue weighted by molar-refractivity contribution is 5.99. The summed E-state index contributed by atoms with van der Waals surface area (Å²) in [5.74, 6) is -2.32. The maximum absolute atomic E-state index is 13.7. The Morgan fingerprint density at radius 1 is 1.21 bits per heavy atom. The van der Waals surface area contributed by atoms with Gasteiger partial charge >= 0.3 is 0 Å². The molecule has 0 spiro atoms. The lowest BCUT2D eigenvalue weighted by Gasteiger charge is -2.11. The summed E-state index contributed by atoms with van der Waals surface area (Å²) in [5, 5.41) is 2.61. The first-order valence-corrected chi connectivity index (χ1v) is 5.45. The maximum Gasteiger partial charge on any atom is 0.253 e. The predicted molar refractivity (Wildman–Crippen MR) is 67.1 cm³/mol. The Morgan fingerprint density at radius 2 is 1.95 bits per heavy atom. The first-order valence-electron chi connectivity index (χ1n) is 5.45. The summed E-state index contributed by atoms with van der Waals surface area (Å²) < 4.78 is 27.1. The molecule has 0 saturated carbocycles. The number of anilines is 2. The van der Waals surface area contributed by atoms with Gasteiger partial charge in [-0.2, -0.15) is 0 Å². The minimum absolute atomic E-state index is 0.0234. The third kappa shape index (κ3) is 2.67. The van der Waals surface area contributed by atoms with E-state index in [9.17, 15) is 13.6 Å².